The molecule has 4 rings (SSSR count). The lowest BCUT2D eigenvalue weighted by Crippen LogP contribution is -2.56. The van der Waals surface area contributed by atoms with Crippen molar-refractivity contribution in [3.8, 4) is 0 Å². The number of aromatic nitrogens is 3. The number of fused-ring (bicyclic) bond motifs is 2. The van der Waals surface area contributed by atoms with E-state index in [1.165, 1.54) is 6.33 Å². The van der Waals surface area contributed by atoms with Crippen molar-refractivity contribution >= 4 is 34.8 Å². The van der Waals surface area contributed by atoms with Crippen LogP contribution in [0.15, 0.2) is 17.2 Å². The van der Waals surface area contributed by atoms with E-state index < -0.39 is 5.66 Å². The lowest BCUT2D eigenvalue weighted by molar-refractivity contribution is 0.0892. The number of nitrogens with two attached hydrogens (primary N) is 1. The monoisotopic (exact) mass is 375 g/mol. The molecule has 2 aromatic rings. The smallest absolute Gasteiger partial charge is 0.276 e. The lowest BCUT2D eigenvalue weighted by atomic mass is 10.00. The molecule has 0 bridgehead atoms. The van der Waals surface area contributed by atoms with Gasteiger partial charge in [-0.2, -0.15) is 0 Å². The van der Waals surface area contributed by atoms with Gasteiger partial charge in [-0.3, -0.25) is 14.2 Å². The molecule has 1 atom stereocenters. The fourth-order valence-electron chi connectivity index (χ4n) is 3.64. The molecule has 10 heteroatoms. The summed E-state index contributed by atoms with van der Waals surface area (Å²) in [5.41, 5.74) is 5.97. The van der Waals surface area contributed by atoms with Gasteiger partial charge in [-0.15, -0.1) is 0 Å². The Labute approximate surface area is 154 Å². The molecule has 1 fully saturated rings. The second-order valence-electron chi connectivity index (χ2n) is 6.54. The third kappa shape index (κ3) is 2.43. The predicted molar refractivity (Wildman–Crippen MR) is 97.7 cm³/mol. The molecular formula is C16H18ClN7O2. The normalized spacial score (nSPS) is 21.5. The van der Waals surface area contributed by atoms with Crippen LogP contribution in [0.3, 0.4) is 0 Å². The number of nitrogens with zero attached hydrogens (tertiary/aromatic N) is 3. The van der Waals surface area contributed by atoms with E-state index in [0.29, 0.717) is 24.2 Å². The van der Waals surface area contributed by atoms with Gasteiger partial charge in [-0.25, -0.2) is 9.97 Å². The number of hydrogen-bond donors (Lipinski definition) is 4. The van der Waals surface area contributed by atoms with Crippen molar-refractivity contribution in [1.82, 2.24) is 25.2 Å². The summed E-state index contributed by atoms with van der Waals surface area (Å²) < 4.78 is 1.55. The summed E-state index contributed by atoms with van der Waals surface area (Å²) in [5, 5.41) is 9.32. The van der Waals surface area contributed by atoms with Crippen molar-refractivity contribution in [1.29, 1.82) is 0 Å². The standard InChI is InChI=1S/C16H18ClN7O2/c1-8-5-9(22-13-10(17)12(18)20-7-21-13)15(26)24-11(8)14(25)23-16(24)3-2-4-19-6-16/h5,7,19H,2-4,6H2,1H3,(H,23,25)(H3,18,20,21,22). The number of nitrogens with one attached hydrogen (secondary N) is 3. The summed E-state index contributed by atoms with van der Waals surface area (Å²) in [6.07, 6.45) is 2.80. The Morgan fingerprint density at radius 2 is 2.19 bits per heavy atom. The molecule has 136 valence electrons. The van der Waals surface area contributed by atoms with E-state index in [4.69, 9.17) is 17.3 Å². The first kappa shape index (κ1) is 16.8. The average Bonchev–Trinajstić information content (AvgIpc) is 2.89. The van der Waals surface area contributed by atoms with Crippen LogP contribution in [-0.2, 0) is 5.66 Å². The van der Waals surface area contributed by atoms with Gasteiger partial charge < -0.3 is 21.7 Å². The SMILES string of the molecule is Cc1cc(Nc2ncnc(N)c2Cl)c(=O)n2c1C(=O)NC21CCCNC1. The molecule has 2 aliphatic heterocycles. The molecular weight excluding hydrogens is 358 g/mol. The molecule has 2 aromatic heterocycles. The molecule has 5 N–H and O–H groups in total. The maximum atomic E-state index is 13.2. The number of nitrogen functional groups attached to an aromatic ring is 1. The second kappa shape index (κ2) is 5.96. The van der Waals surface area contributed by atoms with Crippen LogP contribution in [0.25, 0.3) is 0 Å². The topological polar surface area (TPSA) is 127 Å². The van der Waals surface area contributed by atoms with Crippen LogP contribution in [0, 0.1) is 6.92 Å². The fraction of sp³-hybridized carbons (Fsp3) is 0.375. The van der Waals surface area contributed by atoms with Crippen LogP contribution >= 0.6 is 11.6 Å². The number of piperidine rings is 1. The Bertz CT molecular complexity index is 966. The highest BCUT2D eigenvalue weighted by Gasteiger charge is 2.45. The van der Waals surface area contributed by atoms with Gasteiger partial charge in [-0.1, -0.05) is 11.6 Å². The molecule has 1 amide bonds. The molecule has 26 heavy (non-hydrogen) atoms. The Morgan fingerprint density at radius 1 is 1.38 bits per heavy atom. The van der Waals surface area contributed by atoms with Gasteiger partial charge in [0.1, 0.15) is 34.2 Å². The molecule has 4 heterocycles. The largest absolute Gasteiger partial charge is 0.382 e. The molecule has 9 nitrogen and oxygen atoms in total. The van der Waals surface area contributed by atoms with Crippen molar-refractivity contribution in [3.05, 3.63) is 39.0 Å². The number of amides is 1. The third-order valence-corrected chi connectivity index (χ3v) is 5.18. The number of carbonyl (C=O) groups excluding carboxylic acids is 1. The van der Waals surface area contributed by atoms with E-state index >= 15 is 0 Å². The van der Waals surface area contributed by atoms with Crippen molar-refractivity contribution in [2.45, 2.75) is 25.4 Å². The minimum absolute atomic E-state index is 0.118. The molecule has 1 unspecified atom stereocenters. The van der Waals surface area contributed by atoms with Crippen LogP contribution in [0.5, 0.6) is 0 Å². The summed E-state index contributed by atoms with van der Waals surface area (Å²) >= 11 is 6.12. The van der Waals surface area contributed by atoms with Crippen molar-refractivity contribution in [2.75, 3.05) is 24.1 Å². The van der Waals surface area contributed by atoms with Crippen molar-refractivity contribution in [2.24, 2.45) is 0 Å². The number of pyridine rings is 1. The van der Waals surface area contributed by atoms with Crippen LogP contribution in [0.2, 0.25) is 5.02 Å². The van der Waals surface area contributed by atoms with Crippen LogP contribution < -0.4 is 27.2 Å². The van der Waals surface area contributed by atoms with Gasteiger partial charge in [0.05, 0.1) is 0 Å². The summed E-state index contributed by atoms with van der Waals surface area (Å²) in [4.78, 5) is 33.5. The summed E-state index contributed by atoms with van der Waals surface area (Å²) in [7, 11) is 0. The number of rotatable bonds is 2. The third-order valence-electron chi connectivity index (χ3n) is 4.81. The number of aryl methyl sites for hydroxylation is 1. The van der Waals surface area contributed by atoms with Crippen LogP contribution in [0.4, 0.5) is 17.3 Å². The average molecular weight is 376 g/mol. The van der Waals surface area contributed by atoms with Gasteiger partial charge in [0.2, 0.25) is 0 Å². The zero-order chi connectivity index (χ0) is 18.5. The molecule has 0 saturated carbocycles. The molecule has 2 aliphatic rings. The quantitative estimate of drug-likeness (QED) is 0.608. The molecule has 0 radical (unpaired) electrons. The van der Waals surface area contributed by atoms with E-state index in [2.05, 4.69) is 25.9 Å². The minimum atomic E-state index is -0.751. The number of anilines is 3. The van der Waals surface area contributed by atoms with Crippen LogP contribution in [0.1, 0.15) is 28.9 Å². The molecule has 1 saturated heterocycles. The molecule has 0 aromatic carbocycles. The Morgan fingerprint density at radius 3 is 2.92 bits per heavy atom. The molecule has 1 spiro atoms. The van der Waals surface area contributed by atoms with Crippen LogP contribution in [-0.4, -0.2) is 33.5 Å². The van der Waals surface area contributed by atoms with E-state index in [1.807, 2.05) is 0 Å². The lowest BCUT2D eigenvalue weighted by Gasteiger charge is -2.35. The first-order valence-corrected chi connectivity index (χ1v) is 8.64. The number of carbonyl (C=O) groups is 1. The number of halogens is 1. The minimum Gasteiger partial charge on any atom is -0.382 e. The predicted octanol–water partition coefficient (Wildman–Crippen LogP) is 0.706. The van der Waals surface area contributed by atoms with Gasteiger partial charge in [-0.05, 0) is 37.9 Å². The first-order valence-electron chi connectivity index (χ1n) is 8.26. The van der Waals surface area contributed by atoms with Gasteiger partial charge in [0.15, 0.2) is 5.82 Å². The zero-order valence-corrected chi connectivity index (χ0v) is 14.9. The first-order chi connectivity index (χ1) is 12.4. The van der Waals surface area contributed by atoms with E-state index in [-0.39, 0.29) is 33.8 Å². The van der Waals surface area contributed by atoms with Crippen molar-refractivity contribution in [3.63, 3.8) is 0 Å². The van der Waals surface area contributed by atoms with E-state index in [1.54, 1.807) is 17.6 Å². The summed E-state index contributed by atoms with van der Waals surface area (Å²) in [6, 6.07) is 1.62. The maximum Gasteiger partial charge on any atom is 0.276 e. The van der Waals surface area contributed by atoms with Gasteiger partial charge in [0.25, 0.3) is 11.5 Å². The van der Waals surface area contributed by atoms with E-state index in [9.17, 15) is 9.59 Å². The Balaban J connectivity index is 1.86. The highest BCUT2D eigenvalue weighted by molar-refractivity contribution is 6.35. The summed E-state index contributed by atoms with van der Waals surface area (Å²) in [5.74, 6) is 0.121. The van der Waals surface area contributed by atoms with Gasteiger partial charge in [0, 0.05) is 6.54 Å². The Hall–Kier alpha value is -2.65. The highest BCUT2D eigenvalue weighted by Crippen LogP contribution is 2.31. The van der Waals surface area contributed by atoms with E-state index in [0.717, 1.165) is 13.0 Å². The van der Waals surface area contributed by atoms with Crippen molar-refractivity contribution < 1.29 is 4.79 Å². The zero-order valence-electron chi connectivity index (χ0n) is 14.1. The molecule has 0 aliphatic carbocycles. The van der Waals surface area contributed by atoms with Gasteiger partial charge >= 0.3 is 0 Å². The second-order valence-corrected chi connectivity index (χ2v) is 6.92. The highest BCUT2D eigenvalue weighted by atomic mass is 35.5. The fourth-order valence-corrected chi connectivity index (χ4v) is 3.78. The Kier molecular flexibility index (Phi) is 3.85. The maximum absolute atomic E-state index is 13.2. The number of hydrogen-bond acceptors (Lipinski definition) is 7. The summed E-state index contributed by atoms with van der Waals surface area (Å²) in [6.45, 7) is 3.14.